The van der Waals surface area contributed by atoms with Crippen LogP contribution in [-0.4, -0.2) is 16.7 Å². The number of benzene rings is 2. The Morgan fingerprint density at radius 3 is 2.50 bits per heavy atom. The average molecular weight is 395 g/mol. The van der Waals surface area contributed by atoms with Crippen LogP contribution in [0.4, 0.5) is 0 Å². The maximum Gasteiger partial charge on any atom is 0.257 e. The second-order valence-electron chi connectivity index (χ2n) is 6.84. The van der Waals surface area contributed by atoms with Gasteiger partial charge in [-0.25, -0.2) is 4.98 Å². The van der Waals surface area contributed by atoms with Crippen LogP contribution in [0.3, 0.4) is 0 Å². The highest BCUT2D eigenvalue weighted by Crippen LogP contribution is 2.23. The lowest BCUT2D eigenvalue weighted by Gasteiger charge is -2.14. The predicted molar refractivity (Wildman–Crippen MR) is 115 cm³/mol. The van der Waals surface area contributed by atoms with Crippen molar-refractivity contribution in [3.8, 4) is 5.75 Å². The van der Waals surface area contributed by atoms with Gasteiger partial charge in [0.25, 0.3) is 5.56 Å². The number of aryl methyl sites for hydroxylation is 2. The SMILES string of the molecule is CCc1nc(SCc2ccc(OC)cc2)n(C)c(=O)c1Cc1cccc(C)c1. The smallest absolute Gasteiger partial charge is 0.257 e. The fraction of sp³-hybridized carbons (Fsp3) is 0.304. The van der Waals surface area contributed by atoms with E-state index < -0.39 is 0 Å². The molecule has 0 saturated heterocycles. The predicted octanol–water partition coefficient (Wildman–Crippen LogP) is 4.54. The van der Waals surface area contributed by atoms with Gasteiger partial charge in [0, 0.05) is 24.8 Å². The van der Waals surface area contributed by atoms with Gasteiger partial charge in [-0.15, -0.1) is 0 Å². The quantitative estimate of drug-likeness (QED) is 0.436. The third-order valence-electron chi connectivity index (χ3n) is 4.75. The van der Waals surface area contributed by atoms with Crippen LogP contribution in [0.5, 0.6) is 5.75 Å². The van der Waals surface area contributed by atoms with Gasteiger partial charge in [-0.3, -0.25) is 9.36 Å². The Morgan fingerprint density at radius 2 is 1.86 bits per heavy atom. The van der Waals surface area contributed by atoms with Crippen molar-refractivity contribution in [3.63, 3.8) is 0 Å². The second kappa shape index (κ2) is 9.11. The van der Waals surface area contributed by atoms with E-state index in [0.29, 0.717) is 6.42 Å². The Labute approximate surface area is 170 Å². The summed E-state index contributed by atoms with van der Waals surface area (Å²) >= 11 is 1.59. The molecule has 0 fully saturated rings. The molecule has 0 saturated carbocycles. The molecule has 5 heteroatoms. The highest BCUT2D eigenvalue weighted by molar-refractivity contribution is 7.98. The summed E-state index contributed by atoms with van der Waals surface area (Å²) < 4.78 is 6.88. The van der Waals surface area contributed by atoms with Crippen LogP contribution < -0.4 is 10.3 Å². The van der Waals surface area contributed by atoms with E-state index in [1.54, 1.807) is 23.4 Å². The van der Waals surface area contributed by atoms with E-state index in [1.165, 1.54) is 11.1 Å². The van der Waals surface area contributed by atoms with Crippen molar-refractivity contribution in [2.24, 2.45) is 7.05 Å². The van der Waals surface area contributed by atoms with Crippen molar-refractivity contribution in [1.29, 1.82) is 0 Å². The van der Waals surface area contributed by atoms with E-state index in [2.05, 4.69) is 32.0 Å². The molecule has 4 nitrogen and oxygen atoms in total. The Hall–Kier alpha value is -2.53. The molecule has 0 aliphatic carbocycles. The lowest BCUT2D eigenvalue weighted by Crippen LogP contribution is -2.26. The van der Waals surface area contributed by atoms with Gasteiger partial charge in [0.1, 0.15) is 5.75 Å². The first-order chi connectivity index (χ1) is 13.5. The Balaban J connectivity index is 1.85. The summed E-state index contributed by atoms with van der Waals surface area (Å²) in [4.78, 5) is 17.9. The van der Waals surface area contributed by atoms with Gasteiger partial charge in [0.05, 0.1) is 12.8 Å². The molecule has 0 N–H and O–H groups in total. The highest BCUT2D eigenvalue weighted by Gasteiger charge is 2.15. The van der Waals surface area contributed by atoms with Gasteiger partial charge in [-0.05, 0) is 36.6 Å². The first-order valence-electron chi connectivity index (χ1n) is 9.41. The van der Waals surface area contributed by atoms with Crippen LogP contribution in [0.2, 0.25) is 0 Å². The summed E-state index contributed by atoms with van der Waals surface area (Å²) in [5, 5.41) is 0.755. The van der Waals surface area contributed by atoms with Gasteiger partial charge in [-0.1, -0.05) is 60.6 Å². The van der Waals surface area contributed by atoms with Crippen LogP contribution in [0, 0.1) is 6.92 Å². The van der Waals surface area contributed by atoms with Crippen LogP contribution in [0.25, 0.3) is 0 Å². The zero-order valence-corrected chi connectivity index (χ0v) is 17.7. The van der Waals surface area contributed by atoms with Crippen LogP contribution in [0.1, 0.15) is 34.9 Å². The normalized spacial score (nSPS) is 10.9. The first kappa shape index (κ1) is 20.2. The fourth-order valence-electron chi connectivity index (χ4n) is 3.17. The van der Waals surface area contributed by atoms with Crippen molar-refractivity contribution in [3.05, 3.63) is 86.8 Å². The largest absolute Gasteiger partial charge is 0.497 e. The lowest BCUT2D eigenvalue weighted by atomic mass is 10.0. The van der Waals surface area contributed by atoms with Crippen LogP contribution in [-0.2, 0) is 25.6 Å². The van der Waals surface area contributed by atoms with Crippen LogP contribution >= 0.6 is 11.8 Å². The molecule has 146 valence electrons. The summed E-state index contributed by atoms with van der Waals surface area (Å²) in [5.74, 6) is 1.60. The molecule has 1 aromatic heterocycles. The average Bonchev–Trinajstić information content (AvgIpc) is 2.71. The van der Waals surface area contributed by atoms with Crippen LogP contribution in [0.15, 0.2) is 58.5 Å². The molecular weight excluding hydrogens is 368 g/mol. The highest BCUT2D eigenvalue weighted by atomic mass is 32.2. The number of rotatable bonds is 7. The topological polar surface area (TPSA) is 44.1 Å². The molecule has 3 aromatic rings. The molecule has 0 bridgehead atoms. The second-order valence-corrected chi connectivity index (χ2v) is 7.78. The number of ether oxygens (including phenoxy) is 1. The molecule has 0 aliphatic heterocycles. The molecule has 0 spiro atoms. The van der Waals surface area contributed by atoms with Gasteiger partial charge < -0.3 is 4.74 Å². The molecule has 28 heavy (non-hydrogen) atoms. The van der Waals surface area contributed by atoms with Crippen molar-refractivity contribution < 1.29 is 4.74 Å². The van der Waals surface area contributed by atoms with Gasteiger partial charge in [0.15, 0.2) is 5.16 Å². The maximum atomic E-state index is 13.0. The summed E-state index contributed by atoms with van der Waals surface area (Å²) in [6.45, 7) is 4.12. The Morgan fingerprint density at radius 1 is 1.11 bits per heavy atom. The summed E-state index contributed by atoms with van der Waals surface area (Å²) in [7, 11) is 3.47. The molecule has 0 unspecified atom stereocenters. The standard InChI is InChI=1S/C23H26N2O2S/c1-5-21-20(14-18-8-6-7-16(2)13-18)22(26)25(3)23(24-21)28-15-17-9-11-19(27-4)12-10-17/h6-13H,5,14-15H2,1-4H3. The minimum Gasteiger partial charge on any atom is -0.497 e. The van der Waals surface area contributed by atoms with Crippen molar-refractivity contribution in [2.75, 3.05) is 7.11 Å². The number of hydrogen-bond donors (Lipinski definition) is 0. The molecule has 2 aromatic carbocycles. The lowest BCUT2D eigenvalue weighted by molar-refractivity contribution is 0.414. The molecule has 0 amide bonds. The first-order valence-corrected chi connectivity index (χ1v) is 10.4. The monoisotopic (exact) mass is 394 g/mol. The number of methoxy groups -OCH3 is 1. The van der Waals surface area contributed by atoms with Crippen molar-refractivity contribution in [1.82, 2.24) is 9.55 Å². The molecule has 1 heterocycles. The van der Waals surface area contributed by atoms with E-state index >= 15 is 0 Å². The van der Waals surface area contributed by atoms with E-state index in [1.807, 2.05) is 37.4 Å². The Kier molecular flexibility index (Phi) is 6.57. The third-order valence-corrected chi connectivity index (χ3v) is 5.85. The fourth-order valence-corrected chi connectivity index (χ4v) is 4.11. The van der Waals surface area contributed by atoms with E-state index in [-0.39, 0.29) is 5.56 Å². The van der Waals surface area contributed by atoms with Gasteiger partial charge >= 0.3 is 0 Å². The zero-order valence-electron chi connectivity index (χ0n) is 16.9. The minimum absolute atomic E-state index is 0.0468. The summed E-state index contributed by atoms with van der Waals surface area (Å²) in [6, 6.07) is 16.3. The molecule has 3 rings (SSSR count). The number of hydrogen-bond acceptors (Lipinski definition) is 4. The number of thioether (sulfide) groups is 1. The van der Waals surface area contributed by atoms with Crippen molar-refractivity contribution in [2.45, 2.75) is 37.6 Å². The molecular formula is C23H26N2O2S. The minimum atomic E-state index is 0.0468. The zero-order chi connectivity index (χ0) is 20.1. The van der Waals surface area contributed by atoms with E-state index in [0.717, 1.165) is 39.9 Å². The maximum absolute atomic E-state index is 13.0. The van der Waals surface area contributed by atoms with E-state index in [4.69, 9.17) is 9.72 Å². The van der Waals surface area contributed by atoms with Crippen molar-refractivity contribution >= 4 is 11.8 Å². The third kappa shape index (κ3) is 4.65. The molecule has 0 atom stereocenters. The summed E-state index contributed by atoms with van der Waals surface area (Å²) in [6.07, 6.45) is 1.36. The molecule has 0 radical (unpaired) electrons. The number of nitrogens with zero attached hydrogens (tertiary/aromatic N) is 2. The molecule has 0 aliphatic rings. The van der Waals surface area contributed by atoms with Gasteiger partial charge in [-0.2, -0.15) is 0 Å². The summed E-state index contributed by atoms with van der Waals surface area (Å²) in [5.41, 5.74) is 5.25. The Bertz CT molecular complexity index is 1010. The number of aromatic nitrogens is 2. The van der Waals surface area contributed by atoms with Gasteiger partial charge in [0.2, 0.25) is 0 Å². The van der Waals surface area contributed by atoms with E-state index in [9.17, 15) is 4.79 Å².